The molecule has 18 heavy (non-hydrogen) atoms. The minimum atomic E-state index is 0.217. The van der Waals surface area contributed by atoms with Crippen molar-refractivity contribution >= 4 is 6.03 Å². The maximum Gasteiger partial charge on any atom is 0.320 e. The van der Waals surface area contributed by atoms with Crippen LogP contribution in [-0.4, -0.2) is 42.0 Å². The van der Waals surface area contributed by atoms with Crippen LogP contribution in [0.3, 0.4) is 0 Å². The molecule has 3 nitrogen and oxygen atoms in total. The summed E-state index contributed by atoms with van der Waals surface area (Å²) in [5, 5.41) is 0. The Morgan fingerprint density at radius 2 is 1.39 bits per heavy atom. The smallest absolute Gasteiger partial charge is 0.320 e. The molecule has 1 fully saturated rings. The summed E-state index contributed by atoms with van der Waals surface area (Å²) in [5.74, 6) is 0. The highest BCUT2D eigenvalue weighted by Gasteiger charge is 2.26. The fourth-order valence-corrected chi connectivity index (χ4v) is 2.38. The first-order chi connectivity index (χ1) is 8.69. The highest BCUT2D eigenvalue weighted by molar-refractivity contribution is 5.76. The number of rotatable bonds is 8. The van der Waals surface area contributed by atoms with Gasteiger partial charge in [0.25, 0.3) is 0 Å². The summed E-state index contributed by atoms with van der Waals surface area (Å²) in [6, 6.07) is 0.217. The van der Waals surface area contributed by atoms with Gasteiger partial charge in [0, 0.05) is 26.2 Å². The molecule has 0 spiro atoms. The van der Waals surface area contributed by atoms with Gasteiger partial charge in [-0.2, -0.15) is 0 Å². The van der Waals surface area contributed by atoms with Crippen LogP contribution in [-0.2, 0) is 0 Å². The Morgan fingerprint density at radius 1 is 0.944 bits per heavy atom. The number of nitrogens with zero attached hydrogens (tertiary/aromatic N) is 2. The first-order valence-corrected chi connectivity index (χ1v) is 7.39. The average Bonchev–Trinajstić information content (AvgIpc) is 2.35. The van der Waals surface area contributed by atoms with Crippen molar-refractivity contribution in [3.63, 3.8) is 0 Å². The molecule has 1 saturated heterocycles. The van der Waals surface area contributed by atoms with Crippen LogP contribution in [0.4, 0.5) is 4.79 Å². The third kappa shape index (κ3) is 4.71. The Labute approximate surface area is 112 Å². The number of urea groups is 1. The van der Waals surface area contributed by atoms with E-state index in [1.807, 2.05) is 9.80 Å². The van der Waals surface area contributed by atoms with Crippen LogP contribution in [0.15, 0.2) is 12.2 Å². The number of hydrogen-bond acceptors (Lipinski definition) is 1. The van der Waals surface area contributed by atoms with E-state index in [9.17, 15) is 4.79 Å². The molecule has 3 heteroatoms. The van der Waals surface area contributed by atoms with Crippen LogP contribution in [0.1, 0.15) is 52.4 Å². The molecule has 1 rings (SSSR count). The highest BCUT2D eigenvalue weighted by atomic mass is 16.2. The van der Waals surface area contributed by atoms with Crippen molar-refractivity contribution < 1.29 is 4.79 Å². The summed E-state index contributed by atoms with van der Waals surface area (Å²) in [6.07, 6.45) is 7.02. The van der Waals surface area contributed by atoms with Gasteiger partial charge in [0.2, 0.25) is 0 Å². The van der Waals surface area contributed by atoms with E-state index in [4.69, 9.17) is 0 Å². The molecule has 0 bridgehead atoms. The average molecular weight is 252 g/mol. The van der Waals surface area contributed by atoms with E-state index in [0.29, 0.717) is 0 Å². The predicted molar refractivity (Wildman–Crippen MR) is 76.7 cm³/mol. The molecule has 1 heterocycles. The zero-order valence-electron chi connectivity index (χ0n) is 12.1. The monoisotopic (exact) mass is 252 g/mol. The normalized spacial score (nSPS) is 16.6. The first-order valence-electron chi connectivity index (χ1n) is 7.39. The van der Waals surface area contributed by atoms with E-state index < -0.39 is 0 Å². The maximum absolute atomic E-state index is 12.3. The third-order valence-electron chi connectivity index (χ3n) is 3.43. The van der Waals surface area contributed by atoms with Crippen molar-refractivity contribution in [3.8, 4) is 0 Å². The van der Waals surface area contributed by atoms with Crippen molar-refractivity contribution in [1.29, 1.82) is 0 Å². The van der Waals surface area contributed by atoms with Crippen LogP contribution >= 0.6 is 0 Å². The molecule has 1 aliphatic heterocycles. The van der Waals surface area contributed by atoms with Crippen molar-refractivity contribution in [2.24, 2.45) is 0 Å². The van der Waals surface area contributed by atoms with E-state index in [1.165, 1.54) is 31.3 Å². The molecule has 0 aromatic carbocycles. The van der Waals surface area contributed by atoms with Crippen molar-refractivity contribution in [2.75, 3.05) is 26.2 Å². The third-order valence-corrected chi connectivity index (χ3v) is 3.43. The van der Waals surface area contributed by atoms with Crippen molar-refractivity contribution in [3.05, 3.63) is 12.2 Å². The van der Waals surface area contributed by atoms with Crippen LogP contribution in [0.25, 0.3) is 0 Å². The van der Waals surface area contributed by atoms with Crippen LogP contribution in [0, 0.1) is 0 Å². The molecule has 0 radical (unpaired) electrons. The molecule has 0 N–H and O–H groups in total. The molecule has 0 aliphatic carbocycles. The molecule has 2 amide bonds. The van der Waals surface area contributed by atoms with Crippen LogP contribution in [0.2, 0.25) is 0 Å². The van der Waals surface area contributed by atoms with Gasteiger partial charge in [-0.3, -0.25) is 0 Å². The zero-order valence-corrected chi connectivity index (χ0v) is 12.1. The Bertz CT molecular complexity index is 252. The van der Waals surface area contributed by atoms with E-state index in [2.05, 4.69) is 20.4 Å². The summed E-state index contributed by atoms with van der Waals surface area (Å²) >= 11 is 0. The SMILES string of the molecule is C=C1CN(CCCCC)C(=O)N(CCCCC)C1. The second kappa shape index (κ2) is 8.17. The molecule has 0 aromatic rings. The summed E-state index contributed by atoms with van der Waals surface area (Å²) in [5.41, 5.74) is 1.17. The zero-order chi connectivity index (χ0) is 13.4. The van der Waals surface area contributed by atoms with Gasteiger partial charge in [0.05, 0.1) is 0 Å². The van der Waals surface area contributed by atoms with Gasteiger partial charge in [-0.05, 0) is 18.4 Å². The predicted octanol–water partition coefficient (Wildman–Crippen LogP) is 3.66. The van der Waals surface area contributed by atoms with Gasteiger partial charge in [0.1, 0.15) is 0 Å². The lowest BCUT2D eigenvalue weighted by atomic mass is 10.1. The van der Waals surface area contributed by atoms with Crippen LogP contribution < -0.4 is 0 Å². The lowest BCUT2D eigenvalue weighted by Crippen LogP contribution is -2.50. The fourth-order valence-electron chi connectivity index (χ4n) is 2.38. The van der Waals surface area contributed by atoms with Crippen molar-refractivity contribution in [1.82, 2.24) is 9.80 Å². The molecule has 0 saturated carbocycles. The number of unbranched alkanes of at least 4 members (excludes halogenated alkanes) is 4. The number of carbonyl (C=O) groups is 1. The van der Waals surface area contributed by atoms with Gasteiger partial charge >= 0.3 is 6.03 Å². The topological polar surface area (TPSA) is 23.6 Å². The lowest BCUT2D eigenvalue weighted by molar-refractivity contribution is 0.144. The van der Waals surface area contributed by atoms with Gasteiger partial charge in [-0.25, -0.2) is 4.79 Å². The van der Waals surface area contributed by atoms with E-state index in [-0.39, 0.29) is 6.03 Å². The standard InChI is InChI=1S/C15H28N2O/c1-4-6-8-10-16-12-14(3)13-17(15(16)18)11-9-7-5-2/h3-13H2,1-2H3. The fraction of sp³-hybridized carbons (Fsp3) is 0.800. The Morgan fingerprint density at radius 3 is 1.78 bits per heavy atom. The Hall–Kier alpha value is -0.990. The van der Waals surface area contributed by atoms with E-state index in [1.54, 1.807) is 0 Å². The second-order valence-corrected chi connectivity index (χ2v) is 5.29. The second-order valence-electron chi connectivity index (χ2n) is 5.29. The van der Waals surface area contributed by atoms with Gasteiger partial charge < -0.3 is 9.80 Å². The van der Waals surface area contributed by atoms with E-state index in [0.717, 1.165) is 39.0 Å². The molecule has 0 atom stereocenters. The van der Waals surface area contributed by atoms with Crippen molar-refractivity contribution in [2.45, 2.75) is 52.4 Å². The Kier molecular flexibility index (Phi) is 6.84. The summed E-state index contributed by atoms with van der Waals surface area (Å²) in [4.78, 5) is 16.2. The number of amides is 2. The molecule has 1 aliphatic rings. The largest absolute Gasteiger partial charge is 0.321 e. The van der Waals surface area contributed by atoms with E-state index >= 15 is 0 Å². The minimum Gasteiger partial charge on any atom is -0.321 e. The maximum atomic E-state index is 12.3. The number of carbonyl (C=O) groups excluding carboxylic acids is 1. The molecular formula is C15H28N2O. The summed E-state index contributed by atoms with van der Waals surface area (Å²) < 4.78 is 0. The van der Waals surface area contributed by atoms with Gasteiger partial charge in [-0.15, -0.1) is 0 Å². The quantitative estimate of drug-likeness (QED) is 0.477. The number of hydrogen-bond donors (Lipinski definition) is 0. The first kappa shape index (κ1) is 15.1. The molecular weight excluding hydrogens is 224 g/mol. The van der Waals surface area contributed by atoms with Gasteiger partial charge in [0.15, 0.2) is 0 Å². The van der Waals surface area contributed by atoms with Crippen LogP contribution in [0.5, 0.6) is 0 Å². The molecule has 0 unspecified atom stereocenters. The molecule has 0 aromatic heterocycles. The molecule has 104 valence electrons. The summed E-state index contributed by atoms with van der Waals surface area (Å²) in [7, 11) is 0. The Balaban J connectivity index is 2.43. The minimum absolute atomic E-state index is 0.217. The summed E-state index contributed by atoms with van der Waals surface area (Å²) in [6.45, 7) is 11.7. The lowest BCUT2D eigenvalue weighted by Gasteiger charge is -2.37. The van der Waals surface area contributed by atoms with Gasteiger partial charge in [-0.1, -0.05) is 46.1 Å². The highest BCUT2D eigenvalue weighted by Crippen LogP contribution is 2.14.